The van der Waals surface area contributed by atoms with E-state index in [1.54, 1.807) is 0 Å². The Hall–Kier alpha value is -1.42. The number of nitrogens with zero attached hydrogens (tertiary/aromatic N) is 2. The molecule has 0 aromatic carbocycles. The fourth-order valence-corrected chi connectivity index (χ4v) is 3.00. The normalized spacial score (nSPS) is 23.9. The molecule has 1 fully saturated rings. The molecule has 3 rings (SSSR count). The minimum absolute atomic E-state index is 0.0450. The van der Waals surface area contributed by atoms with E-state index in [2.05, 4.69) is 35.2 Å². The van der Waals surface area contributed by atoms with Gasteiger partial charge in [-0.05, 0) is 44.4 Å². The van der Waals surface area contributed by atoms with Crippen LogP contribution in [-0.2, 0) is 5.54 Å². The molecular formula is C14H20N4. The summed E-state index contributed by atoms with van der Waals surface area (Å²) in [4.78, 5) is 12.6. The second-order valence-corrected chi connectivity index (χ2v) is 5.33. The van der Waals surface area contributed by atoms with Crippen LogP contribution < -0.4 is 5.32 Å². The Balaban J connectivity index is 2.06. The van der Waals surface area contributed by atoms with Crippen molar-refractivity contribution in [2.75, 3.05) is 6.54 Å². The van der Waals surface area contributed by atoms with E-state index in [4.69, 9.17) is 4.98 Å². The molecular weight excluding hydrogens is 224 g/mol. The lowest BCUT2D eigenvalue weighted by atomic mass is 9.91. The largest absolute Gasteiger partial charge is 0.339 e. The molecule has 0 spiro atoms. The van der Waals surface area contributed by atoms with E-state index in [9.17, 15) is 0 Å². The third kappa shape index (κ3) is 1.81. The van der Waals surface area contributed by atoms with Crippen molar-refractivity contribution in [3.8, 4) is 0 Å². The van der Waals surface area contributed by atoms with Gasteiger partial charge in [0, 0.05) is 6.20 Å². The summed E-state index contributed by atoms with van der Waals surface area (Å²) in [5.74, 6) is 1.06. The highest BCUT2D eigenvalue weighted by molar-refractivity contribution is 5.71. The van der Waals surface area contributed by atoms with Crippen LogP contribution >= 0.6 is 0 Å². The van der Waals surface area contributed by atoms with Crippen molar-refractivity contribution < 1.29 is 0 Å². The molecule has 0 bridgehead atoms. The average Bonchev–Trinajstić information content (AvgIpc) is 2.95. The average molecular weight is 244 g/mol. The molecule has 3 heterocycles. The van der Waals surface area contributed by atoms with Crippen molar-refractivity contribution in [3.05, 3.63) is 23.7 Å². The molecule has 2 aromatic heterocycles. The Labute approximate surface area is 107 Å². The van der Waals surface area contributed by atoms with E-state index >= 15 is 0 Å². The fourth-order valence-electron chi connectivity index (χ4n) is 3.00. The number of aryl methyl sites for hydroxylation is 1. The highest BCUT2D eigenvalue weighted by Crippen LogP contribution is 2.34. The van der Waals surface area contributed by atoms with E-state index in [0.717, 1.165) is 36.4 Å². The lowest BCUT2D eigenvalue weighted by molar-refractivity contribution is 0.338. The van der Waals surface area contributed by atoms with Crippen LogP contribution in [0.25, 0.3) is 11.2 Å². The Morgan fingerprint density at radius 3 is 3.06 bits per heavy atom. The van der Waals surface area contributed by atoms with Crippen LogP contribution in [0.3, 0.4) is 0 Å². The number of hydrogen-bond acceptors (Lipinski definition) is 3. The topological polar surface area (TPSA) is 53.6 Å². The third-order valence-electron chi connectivity index (χ3n) is 3.85. The molecule has 0 radical (unpaired) electrons. The summed E-state index contributed by atoms with van der Waals surface area (Å²) in [6.07, 6.45) is 6.56. The first kappa shape index (κ1) is 11.7. The number of nitrogens with one attached hydrogen (secondary N) is 2. The predicted octanol–water partition coefficient (Wildman–Crippen LogP) is 2.65. The van der Waals surface area contributed by atoms with Gasteiger partial charge in [0.25, 0.3) is 0 Å². The maximum atomic E-state index is 4.70. The molecule has 1 aliphatic heterocycles. The van der Waals surface area contributed by atoms with Crippen molar-refractivity contribution >= 4 is 11.2 Å². The standard InChI is InChI=1S/C14H20N4/c1-3-5-14(6-4-7-16-14)13-17-11-8-10(2)9-15-12(11)18-13/h8-9,16H,3-7H2,1-2H3,(H,15,17,18). The van der Waals surface area contributed by atoms with Crippen LogP contribution in [0.4, 0.5) is 0 Å². The minimum Gasteiger partial charge on any atom is -0.339 e. The van der Waals surface area contributed by atoms with Gasteiger partial charge in [0.1, 0.15) is 5.82 Å². The molecule has 0 amide bonds. The smallest absolute Gasteiger partial charge is 0.177 e. The predicted molar refractivity (Wildman–Crippen MR) is 72.4 cm³/mol. The molecule has 96 valence electrons. The van der Waals surface area contributed by atoms with Crippen LogP contribution in [-0.4, -0.2) is 21.5 Å². The van der Waals surface area contributed by atoms with E-state index in [0.29, 0.717) is 0 Å². The van der Waals surface area contributed by atoms with Crippen LogP contribution in [0.15, 0.2) is 12.3 Å². The zero-order valence-electron chi connectivity index (χ0n) is 11.1. The van der Waals surface area contributed by atoms with Crippen molar-refractivity contribution in [3.63, 3.8) is 0 Å². The Kier molecular flexibility index (Phi) is 2.82. The van der Waals surface area contributed by atoms with E-state index in [1.807, 2.05) is 6.20 Å². The number of imidazole rings is 1. The molecule has 1 atom stereocenters. The van der Waals surface area contributed by atoms with Gasteiger partial charge in [0.2, 0.25) is 0 Å². The lowest BCUT2D eigenvalue weighted by Gasteiger charge is -2.26. The van der Waals surface area contributed by atoms with Gasteiger partial charge in [-0.15, -0.1) is 0 Å². The van der Waals surface area contributed by atoms with Gasteiger partial charge in [-0.1, -0.05) is 13.3 Å². The van der Waals surface area contributed by atoms with Gasteiger partial charge < -0.3 is 10.3 Å². The Morgan fingerprint density at radius 2 is 2.33 bits per heavy atom. The van der Waals surface area contributed by atoms with Crippen LogP contribution in [0.2, 0.25) is 0 Å². The van der Waals surface area contributed by atoms with Gasteiger partial charge in [-0.25, -0.2) is 9.97 Å². The number of aromatic nitrogens is 3. The van der Waals surface area contributed by atoms with Gasteiger partial charge in [-0.3, -0.25) is 0 Å². The quantitative estimate of drug-likeness (QED) is 0.872. The molecule has 1 aliphatic rings. The molecule has 2 N–H and O–H groups in total. The summed E-state index contributed by atoms with van der Waals surface area (Å²) in [6, 6.07) is 2.12. The molecule has 4 nitrogen and oxygen atoms in total. The van der Waals surface area contributed by atoms with Crippen LogP contribution in [0.1, 0.15) is 44.0 Å². The SMILES string of the molecule is CCCC1(c2nc3ncc(C)cc3[nH]2)CCCN1. The maximum Gasteiger partial charge on any atom is 0.177 e. The van der Waals surface area contributed by atoms with Gasteiger partial charge in [0.05, 0.1) is 11.1 Å². The first-order valence-electron chi connectivity index (χ1n) is 6.81. The monoisotopic (exact) mass is 244 g/mol. The van der Waals surface area contributed by atoms with E-state index in [1.165, 1.54) is 18.4 Å². The fraction of sp³-hybridized carbons (Fsp3) is 0.571. The van der Waals surface area contributed by atoms with Crippen LogP contribution in [0.5, 0.6) is 0 Å². The van der Waals surface area contributed by atoms with Crippen molar-refractivity contribution in [2.45, 2.75) is 45.1 Å². The molecule has 2 aromatic rings. The summed E-state index contributed by atoms with van der Waals surface area (Å²) in [7, 11) is 0. The van der Waals surface area contributed by atoms with Crippen LogP contribution in [0, 0.1) is 6.92 Å². The van der Waals surface area contributed by atoms with Gasteiger partial charge in [0.15, 0.2) is 5.65 Å². The lowest BCUT2D eigenvalue weighted by Crippen LogP contribution is -2.37. The summed E-state index contributed by atoms with van der Waals surface area (Å²) in [6.45, 7) is 5.37. The summed E-state index contributed by atoms with van der Waals surface area (Å²) < 4.78 is 0. The Morgan fingerprint density at radius 1 is 1.44 bits per heavy atom. The Bertz CT molecular complexity index is 552. The molecule has 18 heavy (non-hydrogen) atoms. The molecule has 4 heteroatoms. The second kappa shape index (κ2) is 4.35. The van der Waals surface area contributed by atoms with E-state index < -0.39 is 0 Å². The molecule has 0 aliphatic carbocycles. The van der Waals surface area contributed by atoms with Crippen molar-refractivity contribution in [1.29, 1.82) is 0 Å². The first-order valence-corrected chi connectivity index (χ1v) is 6.81. The van der Waals surface area contributed by atoms with Gasteiger partial charge in [-0.2, -0.15) is 0 Å². The number of rotatable bonds is 3. The minimum atomic E-state index is 0.0450. The molecule has 0 saturated carbocycles. The van der Waals surface area contributed by atoms with Gasteiger partial charge >= 0.3 is 0 Å². The zero-order chi connectivity index (χ0) is 12.6. The first-order chi connectivity index (χ1) is 8.73. The highest BCUT2D eigenvalue weighted by Gasteiger charge is 2.37. The number of hydrogen-bond donors (Lipinski definition) is 2. The zero-order valence-corrected chi connectivity index (χ0v) is 11.1. The second-order valence-electron chi connectivity index (χ2n) is 5.33. The highest BCUT2D eigenvalue weighted by atomic mass is 15.1. The summed E-state index contributed by atoms with van der Waals surface area (Å²) in [5.41, 5.74) is 3.10. The number of pyridine rings is 1. The molecule has 1 saturated heterocycles. The number of aromatic amines is 1. The molecule has 1 unspecified atom stereocenters. The van der Waals surface area contributed by atoms with Crippen molar-refractivity contribution in [2.24, 2.45) is 0 Å². The maximum absolute atomic E-state index is 4.70. The summed E-state index contributed by atoms with van der Waals surface area (Å²) >= 11 is 0. The third-order valence-corrected chi connectivity index (χ3v) is 3.85. The number of fused-ring (bicyclic) bond motifs is 1. The van der Waals surface area contributed by atoms with E-state index in [-0.39, 0.29) is 5.54 Å². The summed E-state index contributed by atoms with van der Waals surface area (Å²) in [5, 5.41) is 3.64. The number of H-pyrrole nitrogens is 1. The van der Waals surface area contributed by atoms with Crippen molar-refractivity contribution in [1.82, 2.24) is 20.3 Å².